The van der Waals surface area contributed by atoms with E-state index < -0.39 is 0 Å². The highest BCUT2D eigenvalue weighted by molar-refractivity contribution is 7.71. The summed E-state index contributed by atoms with van der Waals surface area (Å²) >= 11 is 5.21. The average molecular weight is 327 g/mol. The van der Waals surface area contributed by atoms with Crippen molar-refractivity contribution in [1.29, 1.82) is 0 Å². The number of rotatable bonds is 4. The number of H-pyrrole nitrogens is 1. The van der Waals surface area contributed by atoms with Gasteiger partial charge < -0.3 is 9.84 Å². The molecule has 0 aliphatic heterocycles. The van der Waals surface area contributed by atoms with Crippen LogP contribution in [0.25, 0.3) is 11.4 Å². The summed E-state index contributed by atoms with van der Waals surface area (Å²) in [6.07, 6.45) is 4.95. The first kappa shape index (κ1) is 14.9. The molecule has 0 atom stereocenters. The molecule has 0 aliphatic rings. The number of aromatic hydroxyl groups is 1. The molecule has 23 heavy (non-hydrogen) atoms. The van der Waals surface area contributed by atoms with E-state index >= 15 is 0 Å². The van der Waals surface area contributed by atoms with Crippen LogP contribution in [0, 0.1) is 4.77 Å². The van der Waals surface area contributed by atoms with Crippen LogP contribution in [-0.2, 0) is 0 Å². The Bertz CT molecular complexity index is 902. The fourth-order valence-electron chi connectivity index (χ4n) is 1.99. The van der Waals surface area contributed by atoms with Gasteiger partial charge in [-0.15, -0.1) is 0 Å². The monoisotopic (exact) mass is 327 g/mol. The van der Waals surface area contributed by atoms with Crippen LogP contribution in [0.3, 0.4) is 0 Å². The van der Waals surface area contributed by atoms with Crippen LogP contribution in [-0.4, -0.2) is 38.3 Å². The molecule has 7 nitrogen and oxygen atoms in total. The number of aromatic nitrogens is 4. The Morgan fingerprint density at radius 2 is 2.09 bits per heavy atom. The van der Waals surface area contributed by atoms with Crippen LogP contribution in [0.15, 0.2) is 47.8 Å². The molecule has 116 valence electrons. The smallest absolute Gasteiger partial charge is 0.216 e. The normalized spacial score (nSPS) is 11.0. The zero-order chi connectivity index (χ0) is 16.2. The molecule has 3 rings (SSSR count). The first-order valence-corrected chi connectivity index (χ1v) is 7.09. The fraction of sp³-hybridized carbons (Fsp3) is 0.0667. The summed E-state index contributed by atoms with van der Waals surface area (Å²) in [5, 5.41) is 20.9. The Hall–Kier alpha value is -3.00. The Balaban J connectivity index is 1.98. The van der Waals surface area contributed by atoms with Crippen LogP contribution >= 0.6 is 12.2 Å². The summed E-state index contributed by atoms with van der Waals surface area (Å²) in [4.78, 5) is 3.98. The number of aromatic amines is 1. The van der Waals surface area contributed by atoms with Crippen molar-refractivity contribution in [2.24, 2.45) is 5.10 Å². The SMILES string of the molecule is COc1cc(/C=N/n2c(-c3ccncc3)n[nH]c2=S)ccc1O. The number of phenolic OH excluding ortho intramolecular Hbond substituents is 1. The van der Waals surface area contributed by atoms with Gasteiger partial charge in [-0.1, -0.05) is 0 Å². The van der Waals surface area contributed by atoms with Crippen molar-refractivity contribution in [2.75, 3.05) is 7.11 Å². The van der Waals surface area contributed by atoms with Crippen molar-refractivity contribution >= 4 is 18.4 Å². The highest BCUT2D eigenvalue weighted by Crippen LogP contribution is 2.25. The van der Waals surface area contributed by atoms with Gasteiger partial charge in [-0.3, -0.25) is 4.98 Å². The highest BCUT2D eigenvalue weighted by Gasteiger charge is 2.07. The molecule has 0 amide bonds. The molecule has 0 saturated carbocycles. The van der Waals surface area contributed by atoms with E-state index in [0.29, 0.717) is 16.3 Å². The number of ether oxygens (including phenoxy) is 1. The van der Waals surface area contributed by atoms with Crippen molar-refractivity contribution in [3.05, 3.63) is 53.1 Å². The molecule has 2 heterocycles. The van der Waals surface area contributed by atoms with Crippen molar-refractivity contribution in [3.63, 3.8) is 0 Å². The number of phenols is 1. The second-order valence-corrected chi connectivity index (χ2v) is 4.96. The topological polar surface area (TPSA) is 88.3 Å². The molecule has 2 aromatic heterocycles. The first-order valence-electron chi connectivity index (χ1n) is 6.68. The minimum Gasteiger partial charge on any atom is -0.504 e. The number of benzene rings is 1. The molecule has 0 fully saturated rings. The van der Waals surface area contributed by atoms with E-state index in [4.69, 9.17) is 17.0 Å². The maximum absolute atomic E-state index is 9.61. The molecule has 0 radical (unpaired) electrons. The molecular weight excluding hydrogens is 314 g/mol. The lowest BCUT2D eigenvalue weighted by Gasteiger charge is -2.04. The third kappa shape index (κ3) is 3.11. The lowest BCUT2D eigenvalue weighted by Crippen LogP contribution is -1.95. The van der Waals surface area contributed by atoms with E-state index in [1.54, 1.807) is 36.8 Å². The second-order valence-electron chi connectivity index (χ2n) is 4.58. The average Bonchev–Trinajstić information content (AvgIpc) is 2.95. The molecule has 1 aromatic carbocycles. The molecule has 0 spiro atoms. The predicted molar refractivity (Wildman–Crippen MR) is 88.3 cm³/mol. The summed E-state index contributed by atoms with van der Waals surface area (Å²) in [5.41, 5.74) is 1.59. The van der Waals surface area contributed by atoms with E-state index in [2.05, 4.69) is 20.3 Å². The largest absolute Gasteiger partial charge is 0.504 e. The van der Waals surface area contributed by atoms with Crippen LogP contribution in [0.2, 0.25) is 0 Å². The number of pyridine rings is 1. The zero-order valence-electron chi connectivity index (χ0n) is 12.2. The predicted octanol–water partition coefficient (Wildman–Crippen LogP) is 2.60. The van der Waals surface area contributed by atoms with E-state index in [9.17, 15) is 5.11 Å². The highest BCUT2D eigenvalue weighted by atomic mass is 32.1. The van der Waals surface area contributed by atoms with E-state index in [1.165, 1.54) is 11.8 Å². The lowest BCUT2D eigenvalue weighted by atomic mass is 10.2. The van der Waals surface area contributed by atoms with Crippen LogP contribution < -0.4 is 4.74 Å². The summed E-state index contributed by atoms with van der Waals surface area (Å²) in [5.74, 6) is 1.03. The maximum atomic E-state index is 9.61. The number of nitrogens with one attached hydrogen (secondary N) is 1. The third-order valence-corrected chi connectivity index (χ3v) is 3.38. The number of hydrogen-bond acceptors (Lipinski definition) is 6. The van der Waals surface area contributed by atoms with Gasteiger partial charge in [0.05, 0.1) is 13.3 Å². The molecule has 3 aromatic rings. The maximum Gasteiger partial charge on any atom is 0.216 e. The van der Waals surface area contributed by atoms with Crippen molar-refractivity contribution in [2.45, 2.75) is 0 Å². The van der Waals surface area contributed by atoms with Crippen LogP contribution in [0.1, 0.15) is 5.56 Å². The van der Waals surface area contributed by atoms with Crippen molar-refractivity contribution < 1.29 is 9.84 Å². The minimum atomic E-state index is 0.0713. The lowest BCUT2D eigenvalue weighted by molar-refractivity contribution is 0.373. The van der Waals surface area contributed by atoms with Crippen LogP contribution in [0.5, 0.6) is 11.5 Å². The Kier molecular flexibility index (Phi) is 4.15. The van der Waals surface area contributed by atoms with Gasteiger partial charge in [0.25, 0.3) is 0 Å². The molecule has 0 saturated heterocycles. The number of methoxy groups -OCH3 is 1. The van der Waals surface area contributed by atoms with Crippen LogP contribution in [0.4, 0.5) is 0 Å². The number of hydrogen-bond donors (Lipinski definition) is 2. The van der Waals surface area contributed by atoms with E-state index in [1.807, 2.05) is 12.1 Å². The summed E-state index contributed by atoms with van der Waals surface area (Å²) in [6.45, 7) is 0. The summed E-state index contributed by atoms with van der Waals surface area (Å²) in [6, 6.07) is 8.57. The fourth-order valence-corrected chi connectivity index (χ4v) is 2.16. The third-order valence-electron chi connectivity index (χ3n) is 3.12. The van der Waals surface area contributed by atoms with Gasteiger partial charge >= 0.3 is 0 Å². The van der Waals surface area contributed by atoms with Gasteiger partial charge in [-0.2, -0.15) is 14.9 Å². The van der Waals surface area contributed by atoms with Gasteiger partial charge in [0, 0.05) is 18.0 Å². The molecule has 0 bridgehead atoms. The van der Waals surface area contributed by atoms with Gasteiger partial charge in [-0.25, -0.2) is 5.10 Å². The van der Waals surface area contributed by atoms with Gasteiger partial charge in [0.15, 0.2) is 17.3 Å². The van der Waals surface area contributed by atoms with Crippen molar-refractivity contribution in [3.8, 4) is 22.9 Å². The number of nitrogens with zero attached hydrogens (tertiary/aromatic N) is 4. The second kappa shape index (κ2) is 6.41. The van der Waals surface area contributed by atoms with E-state index in [0.717, 1.165) is 11.1 Å². The Morgan fingerprint density at radius 1 is 1.30 bits per heavy atom. The molecule has 2 N–H and O–H groups in total. The summed E-state index contributed by atoms with van der Waals surface area (Å²) in [7, 11) is 1.49. The molecule has 0 unspecified atom stereocenters. The van der Waals surface area contributed by atoms with Gasteiger partial charge in [0.1, 0.15) is 0 Å². The Labute approximate surface area is 136 Å². The Morgan fingerprint density at radius 3 is 2.83 bits per heavy atom. The molecular formula is C15H13N5O2S. The first-order chi connectivity index (χ1) is 11.2. The standard InChI is InChI=1S/C15H13N5O2S/c1-22-13-8-10(2-3-12(13)21)9-17-20-14(18-19-15(20)23)11-4-6-16-7-5-11/h2-9,21H,1H3,(H,19,23)/b17-9+. The van der Waals surface area contributed by atoms with Crippen molar-refractivity contribution in [1.82, 2.24) is 19.9 Å². The van der Waals surface area contributed by atoms with Gasteiger partial charge in [-0.05, 0) is 48.1 Å². The molecule has 0 aliphatic carbocycles. The summed E-state index contributed by atoms with van der Waals surface area (Å²) < 4.78 is 6.97. The van der Waals surface area contributed by atoms with E-state index in [-0.39, 0.29) is 5.75 Å². The minimum absolute atomic E-state index is 0.0713. The molecule has 8 heteroatoms. The zero-order valence-corrected chi connectivity index (χ0v) is 13.0. The quantitative estimate of drug-likeness (QED) is 0.568. The van der Waals surface area contributed by atoms with Gasteiger partial charge in [0.2, 0.25) is 4.77 Å².